The minimum atomic E-state index is -4.17. The summed E-state index contributed by atoms with van der Waals surface area (Å²) in [4.78, 5) is 50.1. The molecule has 0 saturated heterocycles. The number of rotatable bonds is 11. The van der Waals surface area contributed by atoms with E-state index >= 15 is 0 Å². The SMILES string of the molecule is COC(=O)[C@@H](Cc1cn(S(=O)(=O)c2ccc(C)cc2)c2cc(-c3cc([C@@H](NC(=O)OC(C)(C)C)C(=O)OC)ccc3OC)ccc12)NC(C)=O. The van der Waals surface area contributed by atoms with Crippen LogP contribution in [0.15, 0.2) is 71.8 Å². The number of alkyl carbamates (subject to hydrolysis) is 1. The Bertz CT molecular complexity index is 2030. The maximum atomic E-state index is 14.1. The van der Waals surface area contributed by atoms with E-state index in [0.29, 0.717) is 33.4 Å². The highest BCUT2D eigenvalue weighted by Gasteiger charge is 2.29. The normalized spacial score (nSPS) is 12.8. The lowest BCUT2D eigenvalue weighted by Gasteiger charge is -2.23. The molecule has 4 aromatic rings. The van der Waals surface area contributed by atoms with Gasteiger partial charge in [-0.1, -0.05) is 35.9 Å². The monoisotopic (exact) mass is 707 g/mol. The lowest BCUT2D eigenvalue weighted by Crippen LogP contribution is -2.41. The highest BCUT2D eigenvalue weighted by atomic mass is 32.2. The minimum Gasteiger partial charge on any atom is -0.496 e. The number of carbonyl (C=O) groups excluding carboxylic acids is 4. The van der Waals surface area contributed by atoms with Gasteiger partial charge in [-0.3, -0.25) is 4.79 Å². The van der Waals surface area contributed by atoms with Crippen molar-refractivity contribution in [3.8, 4) is 16.9 Å². The first-order valence-electron chi connectivity index (χ1n) is 15.6. The van der Waals surface area contributed by atoms with E-state index in [1.54, 1.807) is 69.3 Å². The van der Waals surface area contributed by atoms with Crippen LogP contribution in [0.2, 0.25) is 0 Å². The number of hydrogen-bond acceptors (Lipinski definition) is 10. The molecule has 2 amide bonds. The van der Waals surface area contributed by atoms with Crippen LogP contribution in [0, 0.1) is 6.92 Å². The molecule has 0 aliphatic rings. The van der Waals surface area contributed by atoms with Crippen molar-refractivity contribution in [1.82, 2.24) is 14.6 Å². The second-order valence-corrected chi connectivity index (χ2v) is 14.4. The number of carbonyl (C=O) groups is 4. The Morgan fingerprint density at radius 2 is 1.52 bits per heavy atom. The van der Waals surface area contributed by atoms with Gasteiger partial charge in [0.2, 0.25) is 5.91 Å². The number of fused-ring (bicyclic) bond motifs is 1. The summed E-state index contributed by atoms with van der Waals surface area (Å²) >= 11 is 0. The predicted molar refractivity (Wildman–Crippen MR) is 185 cm³/mol. The van der Waals surface area contributed by atoms with E-state index in [-0.39, 0.29) is 16.8 Å². The third-order valence-corrected chi connectivity index (χ3v) is 9.37. The zero-order valence-electron chi connectivity index (χ0n) is 29.2. The molecule has 0 saturated carbocycles. The molecule has 3 aromatic carbocycles. The van der Waals surface area contributed by atoms with Gasteiger partial charge in [0.15, 0.2) is 6.04 Å². The molecule has 0 bridgehead atoms. The fourth-order valence-electron chi connectivity index (χ4n) is 5.37. The van der Waals surface area contributed by atoms with Crippen molar-refractivity contribution in [3.05, 3.63) is 83.6 Å². The van der Waals surface area contributed by atoms with Gasteiger partial charge in [-0.05, 0) is 74.7 Å². The number of ether oxygens (including phenoxy) is 4. The van der Waals surface area contributed by atoms with Crippen molar-refractivity contribution < 1.29 is 46.5 Å². The van der Waals surface area contributed by atoms with Crippen LogP contribution in [0.3, 0.4) is 0 Å². The van der Waals surface area contributed by atoms with Crippen molar-refractivity contribution in [3.63, 3.8) is 0 Å². The summed E-state index contributed by atoms with van der Waals surface area (Å²) < 4.78 is 50.3. The third-order valence-electron chi connectivity index (χ3n) is 7.69. The van der Waals surface area contributed by atoms with Gasteiger partial charge in [0.25, 0.3) is 10.0 Å². The minimum absolute atomic E-state index is 0.0389. The Kier molecular flexibility index (Phi) is 11.3. The van der Waals surface area contributed by atoms with E-state index in [1.165, 1.54) is 46.6 Å². The van der Waals surface area contributed by atoms with Crippen LogP contribution in [0.25, 0.3) is 22.0 Å². The zero-order chi connectivity index (χ0) is 37.0. The lowest BCUT2D eigenvalue weighted by molar-refractivity contribution is -0.145. The van der Waals surface area contributed by atoms with Gasteiger partial charge in [-0.25, -0.2) is 26.8 Å². The Labute approximate surface area is 290 Å². The van der Waals surface area contributed by atoms with Crippen LogP contribution in [0.4, 0.5) is 4.79 Å². The summed E-state index contributed by atoms with van der Waals surface area (Å²) in [5.74, 6) is -1.51. The molecule has 1 aromatic heterocycles. The number of aromatic nitrogens is 1. The number of nitrogens with zero attached hydrogens (tertiary/aromatic N) is 1. The van der Waals surface area contributed by atoms with E-state index in [1.807, 2.05) is 6.92 Å². The Morgan fingerprint density at radius 1 is 0.860 bits per heavy atom. The third kappa shape index (κ3) is 8.43. The molecule has 0 spiro atoms. The summed E-state index contributed by atoms with van der Waals surface area (Å²) in [7, 11) is -0.308. The van der Waals surface area contributed by atoms with Gasteiger partial charge in [-0.15, -0.1) is 0 Å². The Balaban J connectivity index is 1.92. The molecular formula is C36H41N3O10S. The second-order valence-electron chi connectivity index (χ2n) is 12.5. The molecule has 50 heavy (non-hydrogen) atoms. The van der Waals surface area contributed by atoms with Gasteiger partial charge in [-0.2, -0.15) is 0 Å². The van der Waals surface area contributed by atoms with Crippen molar-refractivity contribution in [2.75, 3.05) is 21.3 Å². The summed E-state index contributed by atoms with van der Waals surface area (Å²) in [5, 5.41) is 5.63. The first-order valence-corrected chi connectivity index (χ1v) is 17.0. The molecule has 0 aliphatic heterocycles. The van der Waals surface area contributed by atoms with Crippen LogP contribution in [-0.2, 0) is 45.0 Å². The number of nitrogens with one attached hydrogen (secondary N) is 2. The van der Waals surface area contributed by atoms with Gasteiger partial charge >= 0.3 is 18.0 Å². The maximum Gasteiger partial charge on any atom is 0.408 e. The molecule has 0 aliphatic carbocycles. The van der Waals surface area contributed by atoms with Crippen molar-refractivity contribution in [1.29, 1.82) is 0 Å². The number of hydrogen-bond donors (Lipinski definition) is 2. The van der Waals surface area contributed by atoms with Crippen molar-refractivity contribution in [2.45, 2.75) is 63.6 Å². The number of methoxy groups -OCH3 is 3. The molecule has 2 N–H and O–H groups in total. The van der Waals surface area contributed by atoms with Crippen LogP contribution in [0.5, 0.6) is 5.75 Å². The first-order chi connectivity index (χ1) is 23.5. The molecule has 266 valence electrons. The van der Waals surface area contributed by atoms with Gasteiger partial charge < -0.3 is 29.6 Å². The molecule has 0 radical (unpaired) electrons. The molecule has 2 atom stereocenters. The molecular weight excluding hydrogens is 666 g/mol. The van der Waals surface area contributed by atoms with Gasteiger partial charge in [0, 0.05) is 30.5 Å². The van der Waals surface area contributed by atoms with E-state index in [0.717, 1.165) is 9.54 Å². The van der Waals surface area contributed by atoms with Crippen LogP contribution < -0.4 is 15.4 Å². The molecule has 0 unspecified atom stereocenters. The Morgan fingerprint density at radius 3 is 2.10 bits per heavy atom. The lowest BCUT2D eigenvalue weighted by atomic mass is 9.96. The second kappa shape index (κ2) is 15.0. The highest BCUT2D eigenvalue weighted by Crippen LogP contribution is 2.37. The average Bonchev–Trinajstić information content (AvgIpc) is 3.43. The molecule has 14 heteroatoms. The van der Waals surface area contributed by atoms with Crippen LogP contribution >= 0.6 is 0 Å². The Hall–Kier alpha value is -5.37. The number of esters is 2. The number of aryl methyl sites for hydroxylation is 1. The van der Waals surface area contributed by atoms with Crippen molar-refractivity contribution >= 4 is 44.9 Å². The fourth-order valence-corrected chi connectivity index (χ4v) is 6.76. The van der Waals surface area contributed by atoms with E-state index < -0.39 is 51.6 Å². The average molecular weight is 708 g/mol. The quantitative estimate of drug-likeness (QED) is 0.163. The van der Waals surface area contributed by atoms with Gasteiger partial charge in [0.1, 0.15) is 17.4 Å². The van der Waals surface area contributed by atoms with E-state index in [2.05, 4.69) is 10.6 Å². The molecule has 0 fully saturated rings. The highest BCUT2D eigenvalue weighted by molar-refractivity contribution is 7.90. The largest absolute Gasteiger partial charge is 0.496 e. The fraction of sp³-hybridized carbons (Fsp3) is 0.333. The summed E-state index contributed by atoms with van der Waals surface area (Å²) in [6.45, 7) is 8.18. The zero-order valence-corrected chi connectivity index (χ0v) is 30.0. The smallest absolute Gasteiger partial charge is 0.408 e. The first kappa shape index (κ1) is 37.4. The number of benzene rings is 3. The summed E-state index contributed by atoms with van der Waals surface area (Å²) in [5.41, 5.74) is 2.11. The summed E-state index contributed by atoms with van der Waals surface area (Å²) in [6, 6.07) is 14.0. The molecule has 1 heterocycles. The topological polar surface area (TPSA) is 168 Å². The van der Waals surface area contributed by atoms with E-state index in [4.69, 9.17) is 18.9 Å². The predicted octanol–water partition coefficient (Wildman–Crippen LogP) is 4.82. The van der Waals surface area contributed by atoms with Crippen LogP contribution in [0.1, 0.15) is 50.4 Å². The van der Waals surface area contributed by atoms with Gasteiger partial charge in [0.05, 0.1) is 31.7 Å². The molecule has 4 rings (SSSR count). The number of amides is 2. The summed E-state index contributed by atoms with van der Waals surface area (Å²) in [6.07, 6.45) is 0.532. The maximum absolute atomic E-state index is 14.1. The van der Waals surface area contributed by atoms with Crippen molar-refractivity contribution in [2.24, 2.45) is 0 Å². The standard InChI is InChI=1S/C36H41N3O10S/c1-21-9-13-26(14-10-21)50(44,45)39-20-25(18-29(33(41)47-7)37-22(2)40)27-15-11-23(19-30(27)39)28-17-24(12-16-31(28)46-6)32(34(42)48-8)38-35(43)49-36(3,4)5/h9-17,19-20,29,32H,18H2,1-8H3,(H,37,40)(H,38,43)/t29-,32-/m1/s1. The van der Waals surface area contributed by atoms with E-state index in [9.17, 15) is 27.6 Å². The van der Waals surface area contributed by atoms with Crippen LogP contribution in [-0.4, -0.2) is 69.3 Å². The molecule has 13 nitrogen and oxygen atoms in total.